The van der Waals surface area contributed by atoms with Crippen molar-refractivity contribution in [1.82, 2.24) is 9.47 Å². The molecular formula is C25H26N2O5. The van der Waals surface area contributed by atoms with Crippen molar-refractivity contribution in [2.24, 2.45) is 5.92 Å². The third-order valence-electron chi connectivity index (χ3n) is 5.91. The SMILES string of the molecule is COC(=O)C1CCN(C(=O)COC(=O)c2cn(Cc3ccccc3)c3ccccc23)CC1. The van der Waals surface area contributed by atoms with Gasteiger partial charge in [-0.25, -0.2) is 4.79 Å². The molecule has 0 spiro atoms. The first-order valence-corrected chi connectivity index (χ1v) is 10.7. The van der Waals surface area contributed by atoms with E-state index in [2.05, 4.69) is 0 Å². The Kier molecular flexibility index (Phi) is 6.54. The van der Waals surface area contributed by atoms with Gasteiger partial charge in [-0.05, 0) is 24.5 Å². The first-order valence-electron chi connectivity index (χ1n) is 10.7. The summed E-state index contributed by atoms with van der Waals surface area (Å²) in [7, 11) is 1.37. The second kappa shape index (κ2) is 9.68. The van der Waals surface area contributed by atoms with Crippen LogP contribution in [0.4, 0.5) is 0 Å². The van der Waals surface area contributed by atoms with Crippen LogP contribution in [0.15, 0.2) is 60.8 Å². The average Bonchev–Trinajstić information content (AvgIpc) is 3.21. The number of para-hydroxylation sites is 1. The number of carbonyl (C=O) groups is 3. The highest BCUT2D eigenvalue weighted by Gasteiger charge is 2.28. The van der Waals surface area contributed by atoms with E-state index in [4.69, 9.17) is 9.47 Å². The Morgan fingerprint density at radius 3 is 2.38 bits per heavy atom. The Balaban J connectivity index is 1.41. The summed E-state index contributed by atoms with van der Waals surface area (Å²) in [4.78, 5) is 38.6. The minimum Gasteiger partial charge on any atom is -0.469 e. The van der Waals surface area contributed by atoms with E-state index in [0.717, 1.165) is 16.5 Å². The molecule has 4 rings (SSSR count). The summed E-state index contributed by atoms with van der Waals surface area (Å²) in [5.74, 6) is -1.20. The largest absolute Gasteiger partial charge is 0.469 e. The number of esters is 2. The highest BCUT2D eigenvalue weighted by Crippen LogP contribution is 2.24. The molecule has 1 aliphatic heterocycles. The van der Waals surface area contributed by atoms with Crippen LogP contribution < -0.4 is 0 Å². The summed E-state index contributed by atoms with van der Waals surface area (Å²) >= 11 is 0. The quantitative estimate of drug-likeness (QED) is 0.557. The number of amides is 1. The van der Waals surface area contributed by atoms with E-state index < -0.39 is 5.97 Å². The Bertz CT molecular complexity index is 1110. The van der Waals surface area contributed by atoms with Gasteiger partial charge in [0.05, 0.1) is 18.6 Å². The van der Waals surface area contributed by atoms with Gasteiger partial charge >= 0.3 is 11.9 Å². The van der Waals surface area contributed by atoms with Crippen LogP contribution in [0.3, 0.4) is 0 Å². The number of likely N-dealkylation sites (tertiary alicyclic amines) is 1. The average molecular weight is 434 g/mol. The number of nitrogens with zero attached hydrogens (tertiary/aromatic N) is 2. The first-order chi connectivity index (χ1) is 15.6. The van der Waals surface area contributed by atoms with E-state index in [1.54, 1.807) is 11.1 Å². The zero-order valence-electron chi connectivity index (χ0n) is 18.0. The maximum Gasteiger partial charge on any atom is 0.340 e. The lowest BCUT2D eigenvalue weighted by atomic mass is 9.97. The van der Waals surface area contributed by atoms with Crippen molar-refractivity contribution in [3.05, 3.63) is 71.9 Å². The molecule has 0 saturated carbocycles. The molecule has 7 nitrogen and oxygen atoms in total. The number of hydrogen-bond acceptors (Lipinski definition) is 5. The summed E-state index contributed by atoms with van der Waals surface area (Å²) < 4.78 is 12.2. The highest BCUT2D eigenvalue weighted by molar-refractivity contribution is 6.04. The summed E-state index contributed by atoms with van der Waals surface area (Å²) in [6.45, 7) is 1.21. The molecule has 0 atom stereocenters. The molecule has 0 N–H and O–H groups in total. The summed E-state index contributed by atoms with van der Waals surface area (Å²) in [6.07, 6.45) is 2.89. The maximum absolute atomic E-state index is 12.8. The van der Waals surface area contributed by atoms with Crippen LogP contribution in [0.2, 0.25) is 0 Å². The van der Waals surface area contributed by atoms with Crippen LogP contribution >= 0.6 is 0 Å². The van der Waals surface area contributed by atoms with E-state index in [1.807, 2.05) is 59.2 Å². The third-order valence-corrected chi connectivity index (χ3v) is 5.91. The van der Waals surface area contributed by atoms with Crippen molar-refractivity contribution in [2.45, 2.75) is 19.4 Å². The van der Waals surface area contributed by atoms with Crippen LogP contribution in [-0.2, 0) is 25.6 Å². The van der Waals surface area contributed by atoms with E-state index in [-0.39, 0.29) is 24.4 Å². The van der Waals surface area contributed by atoms with E-state index in [9.17, 15) is 14.4 Å². The van der Waals surface area contributed by atoms with Gasteiger partial charge in [0.25, 0.3) is 5.91 Å². The second-order valence-corrected chi connectivity index (χ2v) is 7.93. The zero-order valence-corrected chi connectivity index (χ0v) is 18.0. The number of aromatic nitrogens is 1. The molecule has 2 heterocycles. The van der Waals surface area contributed by atoms with Crippen LogP contribution in [0, 0.1) is 5.92 Å². The van der Waals surface area contributed by atoms with Gasteiger partial charge in [0.2, 0.25) is 0 Å². The van der Waals surface area contributed by atoms with Gasteiger partial charge < -0.3 is 18.9 Å². The first kappa shape index (κ1) is 21.6. The Labute approximate surface area is 186 Å². The molecule has 0 unspecified atom stereocenters. The number of ether oxygens (including phenoxy) is 2. The van der Waals surface area contributed by atoms with Crippen molar-refractivity contribution in [3.63, 3.8) is 0 Å². The second-order valence-electron chi connectivity index (χ2n) is 7.93. The smallest absolute Gasteiger partial charge is 0.340 e. The predicted molar refractivity (Wildman–Crippen MR) is 119 cm³/mol. The van der Waals surface area contributed by atoms with Gasteiger partial charge in [-0.15, -0.1) is 0 Å². The Morgan fingerprint density at radius 2 is 1.66 bits per heavy atom. The fourth-order valence-corrected chi connectivity index (χ4v) is 4.15. The summed E-state index contributed by atoms with van der Waals surface area (Å²) in [5.41, 5.74) is 2.49. The van der Waals surface area contributed by atoms with E-state index >= 15 is 0 Å². The van der Waals surface area contributed by atoms with Crippen molar-refractivity contribution in [3.8, 4) is 0 Å². The molecule has 0 radical (unpaired) electrons. The van der Waals surface area contributed by atoms with Crippen LogP contribution in [-0.4, -0.2) is 54.1 Å². The molecule has 1 aromatic heterocycles. The number of carbonyl (C=O) groups excluding carboxylic acids is 3. The van der Waals surface area contributed by atoms with Gasteiger partial charge in [-0.1, -0.05) is 48.5 Å². The minimum absolute atomic E-state index is 0.178. The molecule has 3 aromatic rings. The third kappa shape index (κ3) is 4.66. The van der Waals surface area contributed by atoms with Crippen molar-refractivity contribution in [2.75, 3.05) is 26.8 Å². The number of benzene rings is 2. The standard InChI is InChI=1S/C25H26N2O5/c1-31-24(29)19-11-13-26(14-12-19)23(28)17-32-25(30)21-16-27(15-18-7-3-2-4-8-18)22-10-6-5-9-20(21)22/h2-10,16,19H,11-15,17H2,1H3. The molecule has 0 aliphatic carbocycles. The van der Waals surface area contributed by atoms with Crippen LogP contribution in [0.5, 0.6) is 0 Å². The van der Waals surface area contributed by atoms with E-state index in [0.29, 0.717) is 38.0 Å². The van der Waals surface area contributed by atoms with Gasteiger partial charge in [0.1, 0.15) is 0 Å². The number of fused-ring (bicyclic) bond motifs is 1. The Hall–Kier alpha value is -3.61. The fraction of sp³-hybridized carbons (Fsp3) is 0.320. The van der Waals surface area contributed by atoms with Crippen LogP contribution in [0.25, 0.3) is 10.9 Å². The number of rotatable bonds is 6. The fourth-order valence-electron chi connectivity index (χ4n) is 4.15. The topological polar surface area (TPSA) is 77.8 Å². The molecule has 1 saturated heterocycles. The minimum atomic E-state index is -0.522. The van der Waals surface area contributed by atoms with Gasteiger partial charge in [-0.3, -0.25) is 9.59 Å². The molecule has 166 valence electrons. The number of methoxy groups -OCH3 is 1. The lowest BCUT2D eigenvalue weighted by Gasteiger charge is -2.30. The summed E-state index contributed by atoms with van der Waals surface area (Å²) in [5, 5.41) is 0.791. The number of piperidine rings is 1. The molecule has 2 aromatic carbocycles. The van der Waals surface area contributed by atoms with Gasteiger partial charge in [0.15, 0.2) is 6.61 Å². The van der Waals surface area contributed by atoms with Gasteiger partial charge in [0, 0.05) is 36.7 Å². The molecule has 1 amide bonds. The normalized spacial score (nSPS) is 14.3. The molecule has 0 bridgehead atoms. The molecular weight excluding hydrogens is 408 g/mol. The molecule has 1 aliphatic rings. The van der Waals surface area contributed by atoms with Crippen molar-refractivity contribution >= 4 is 28.7 Å². The van der Waals surface area contributed by atoms with Crippen LogP contribution in [0.1, 0.15) is 28.8 Å². The molecule has 32 heavy (non-hydrogen) atoms. The van der Waals surface area contributed by atoms with Crippen molar-refractivity contribution < 1.29 is 23.9 Å². The zero-order chi connectivity index (χ0) is 22.5. The monoisotopic (exact) mass is 434 g/mol. The van der Waals surface area contributed by atoms with E-state index in [1.165, 1.54) is 7.11 Å². The lowest BCUT2D eigenvalue weighted by molar-refractivity contribution is -0.149. The maximum atomic E-state index is 12.8. The number of hydrogen-bond donors (Lipinski definition) is 0. The lowest BCUT2D eigenvalue weighted by Crippen LogP contribution is -2.42. The highest BCUT2D eigenvalue weighted by atomic mass is 16.5. The predicted octanol–water partition coefficient (Wildman–Crippen LogP) is 3.26. The Morgan fingerprint density at radius 1 is 0.969 bits per heavy atom. The van der Waals surface area contributed by atoms with Gasteiger partial charge in [-0.2, -0.15) is 0 Å². The molecule has 7 heteroatoms. The summed E-state index contributed by atoms with van der Waals surface area (Å²) in [6, 6.07) is 17.7. The molecule has 1 fully saturated rings. The van der Waals surface area contributed by atoms with Crippen molar-refractivity contribution in [1.29, 1.82) is 0 Å².